The van der Waals surface area contributed by atoms with Crippen molar-refractivity contribution in [3.05, 3.63) is 0 Å². The second-order valence-corrected chi connectivity index (χ2v) is 10.5. The second-order valence-electron chi connectivity index (χ2n) is 7.05. The zero-order valence-corrected chi connectivity index (χ0v) is 15.0. The van der Waals surface area contributed by atoms with Crippen LogP contribution in [-0.4, -0.2) is 40.1 Å². The fraction of sp³-hybridized carbons (Fsp3) is 1.00. The van der Waals surface area contributed by atoms with Crippen molar-refractivity contribution in [1.82, 2.24) is 4.57 Å². The van der Waals surface area contributed by atoms with Gasteiger partial charge in [-0.15, -0.1) is 0 Å². The largest absolute Gasteiger partial charge is 0.430 e. The van der Waals surface area contributed by atoms with Gasteiger partial charge in [-0.25, -0.2) is 0 Å². The molecule has 0 aromatic heterocycles. The Bertz CT molecular complexity index is 301. The third kappa shape index (κ3) is 2.98. The van der Waals surface area contributed by atoms with Crippen molar-refractivity contribution in [2.45, 2.75) is 70.9 Å². The molecule has 0 spiro atoms. The molecule has 1 aliphatic heterocycles. The van der Waals surface area contributed by atoms with Gasteiger partial charge in [0.1, 0.15) is 0 Å². The molecule has 0 radical (unpaired) electrons. The number of hydrogen-bond acceptors (Lipinski definition) is 3. The summed E-state index contributed by atoms with van der Waals surface area (Å²) in [7, 11) is 1.53. The second kappa shape index (κ2) is 6.90. The molecule has 1 saturated heterocycles. The summed E-state index contributed by atoms with van der Waals surface area (Å²) in [5.74, 6) is 1.63. The van der Waals surface area contributed by atoms with Crippen LogP contribution in [0.15, 0.2) is 0 Å². The van der Waals surface area contributed by atoms with E-state index in [1.807, 2.05) is 14.2 Å². The Morgan fingerprint density at radius 2 is 1.50 bits per heavy atom. The molecule has 1 saturated carbocycles. The standard InChI is InChI=1S/C16H33NO2Si/c1-13-8-10-16(11-9-13)20(18-4,19-5)17-12-6-7-14(2)15(17)3/h13-16H,6-12H2,1-5H3. The molecule has 0 N–H and O–H groups in total. The van der Waals surface area contributed by atoms with Crippen LogP contribution in [0, 0.1) is 11.8 Å². The average Bonchev–Trinajstić information content (AvgIpc) is 2.46. The van der Waals surface area contributed by atoms with Crippen LogP contribution in [0.2, 0.25) is 5.54 Å². The number of piperidine rings is 1. The lowest BCUT2D eigenvalue weighted by Gasteiger charge is -2.50. The summed E-state index contributed by atoms with van der Waals surface area (Å²) < 4.78 is 15.0. The molecule has 20 heavy (non-hydrogen) atoms. The molecular weight excluding hydrogens is 266 g/mol. The topological polar surface area (TPSA) is 21.7 Å². The quantitative estimate of drug-likeness (QED) is 0.734. The van der Waals surface area contributed by atoms with E-state index in [0.29, 0.717) is 11.6 Å². The van der Waals surface area contributed by atoms with Crippen molar-refractivity contribution < 1.29 is 8.85 Å². The molecule has 4 heteroatoms. The van der Waals surface area contributed by atoms with Crippen LogP contribution in [0.25, 0.3) is 0 Å². The Morgan fingerprint density at radius 3 is 2.05 bits per heavy atom. The molecule has 0 amide bonds. The average molecular weight is 300 g/mol. The van der Waals surface area contributed by atoms with E-state index in [-0.39, 0.29) is 0 Å². The highest BCUT2D eigenvalue weighted by molar-refractivity contribution is 6.66. The Balaban J connectivity index is 2.19. The highest BCUT2D eigenvalue weighted by Crippen LogP contribution is 2.43. The molecule has 2 fully saturated rings. The van der Waals surface area contributed by atoms with E-state index >= 15 is 0 Å². The van der Waals surface area contributed by atoms with Crippen LogP contribution in [-0.2, 0) is 8.85 Å². The number of nitrogens with zero attached hydrogens (tertiary/aromatic N) is 1. The SMILES string of the molecule is CO[Si](OC)(C1CCC(C)CC1)N1CCCC(C)C1C. The van der Waals surface area contributed by atoms with Crippen molar-refractivity contribution in [2.75, 3.05) is 20.8 Å². The first kappa shape index (κ1) is 16.5. The molecule has 3 nitrogen and oxygen atoms in total. The van der Waals surface area contributed by atoms with Crippen molar-refractivity contribution in [3.63, 3.8) is 0 Å². The summed E-state index contributed by atoms with van der Waals surface area (Å²) in [6.45, 7) is 8.29. The minimum atomic E-state index is -2.24. The molecule has 2 aliphatic rings. The summed E-state index contributed by atoms with van der Waals surface area (Å²) in [5, 5.41) is 0. The van der Waals surface area contributed by atoms with Crippen molar-refractivity contribution in [3.8, 4) is 0 Å². The summed E-state index contributed by atoms with van der Waals surface area (Å²) in [6.07, 6.45) is 7.88. The maximum atomic E-state index is 6.16. The van der Waals surface area contributed by atoms with Gasteiger partial charge in [0.2, 0.25) is 0 Å². The van der Waals surface area contributed by atoms with Gasteiger partial charge in [-0.1, -0.05) is 26.7 Å². The van der Waals surface area contributed by atoms with Crippen LogP contribution in [0.3, 0.4) is 0 Å². The van der Waals surface area contributed by atoms with Crippen LogP contribution < -0.4 is 0 Å². The van der Waals surface area contributed by atoms with E-state index in [2.05, 4.69) is 25.3 Å². The molecule has 0 aromatic carbocycles. The summed E-state index contributed by atoms with van der Waals surface area (Å²) in [6, 6.07) is 0.592. The maximum Gasteiger partial charge on any atom is 0.430 e. The Kier molecular flexibility index (Phi) is 5.68. The third-order valence-electron chi connectivity index (χ3n) is 5.89. The fourth-order valence-electron chi connectivity index (χ4n) is 4.29. The molecule has 0 aromatic rings. The zero-order chi connectivity index (χ0) is 14.8. The highest BCUT2D eigenvalue weighted by atomic mass is 28.4. The number of hydrogen-bond donors (Lipinski definition) is 0. The predicted molar refractivity (Wildman–Crippen MR) is 85.7 cm³/mol. The van der Waals surface area contributed by atoms with Gasteiger partial charge in [0.15, 0.2) is 0 Å². The van der Waals surface area contributed by atoms with E-state index in [0.717, 1.165) is 18.4 Å². The maximum absolute atomic E-state index is 6.16. The van der Waals surface area contributed by atoms with Crippen LogP contribution >= 0.6 is 0 Å². The molecule has 2 atom stereocenters. The zero-order valence-electron chi connectivity index (χ0n) is 14.0. The van der Waals surface area contributed by atoms with Gasteiger partial charge in [-0.3, -0.25) is 4.57 Å². The molecule has 2 unspecified atom stereocenters. The first-order valence-corrected chi connectivity index (χ1v) is 10.3. The fourth-order valence-corrected chi connectivity index (χ4v) is 8.41. The summed E-state index contributed by atoms with van der Waals surface area (Å²) in [5.41, 5.74) is 0.640. The minimum absolute atomic E-state index is 0.592. The van der Waals surface area contributed by atoms with Gasteiger partial charge in [0, 0.05) is 25.8 Å². The summed E-state index contributed by atoms with van der Waals surface area (Å²) in [4.78, 5) is 0. The lowest BCUT2D eigenvalue weighted by Crippen LogP contribution is -2.66. The molecule has 2 rings (SSSR count). The molecule has 1 aliphatic carbocycles. The smallest absolute Gasteiger partial charge is 0.386 e. The lowest BCUT2D eigenvalue weighted by atomic mass is 9.90. The van der Waals surface area contributed by atoms with E-state index < -0.39 is 8.72 Å². The van der Waals surface area contributed by atoms with E-state index in [4.69, 9.17) is 8.85 Å². The van der Waals surface area contributed by atoms with Gasteiger partial charge in [-0.2, -0.15) is 0 Å². The van der Waals surface area contributed by atoms with E-state index in [1.54, 1.807) is 0 Å². The van der Waals surface area contributed by atoms with Gasteiger partial charge in [-0.05, 0) is 51.0 Å². The van der Waals surface area contributed by atoms with E-state index in [9.17, 15) is 0 Å². The molecule has 1 heterocycles. The van der Waals surface area contributed by atoms with Crippen molar-refractivity contribution in [1.29, 1.82) is 0 Å². The van der Waals surface area contributed by atoms with Gasteiger partial charge >= 0.3 is 8.72 Å². The van der Waals surface area contributed by atoms with Crippen LogP contribution in [0.4, 0.5) is 0 Å². The third-order valence-corrected chi connectivity index (χ3v) is 10.1. The van der Waals surface area contributed by atoms with Gasteiger partial charge in [0.25, 0.3) is 0 Å². The normalized spacial score (nSPS) is 37.0. The molecular formula is C16H33NO2Si. The first-order valence-electron chi connectivity index (χ1n) is 8.42. The van der Waals surface area contributed by atoms with E-state index in [1.165, 1.54) is 38.5 Å². The molecule has 0 bridgehead atoms. The van der Waals surface area contributed by atoms with Gasteiger partial charge in [0.05, 0.1) is 0 Å². The Hall–Kier alpha value is 0.0969. The van der Waals surface area contributed by atoms with Crippen LogP contribution in [0.5, 0.6) is 0 Å². The van der Waals surface area contributed by atoms with Crippen LogP contribution in [0.1, 0.15) is 59.3 Å². The highest BCUT2D eigenvalue weighted by Gasteiger charge is 2.53. The lowest BCUT2D eigenvalue weighted by molar-refractivity contribution is 0.0814. The predicted octanol–water partition coefficient (Wildman–Crippen LogP) is 3.92. The number of rotatable bonds is 4. The first-order chi connectivity index (χ1) is 9.55. The molecule has 118 valence electrons. The Morgan fingerprint density at radius 1 is 0.900 bits per heavy atom. The van der Waals surface area contributed by atoms with Gasteiger partial charge < -0.3 is 8.85 Å². The summed E-state index contributed by atoms with van der Waals surface area (Å²) >= 11 is 0. The Labute approximate surface area is 126 Å². The minimum Gasteiger partial charge on any atom is -0.386 e. The monoisotopic (exact) mass is 299 g/mol. The van der Waals surface area contributed by atoms with Crippen molar-refractivity contribution in [2.24, 2.45) is 11.8 Å². The van der Waals surface area contributed by atoms with Crippen molar-refractivity contribution >= 4 is 8.72 Å².